The molecule has 1 aromatic rings. The van der Waals surface area contributed by atoms with Crippen LogP contribution in [0.3, 0.4) is 0 Å². The van der Waals surface area contributed by atoms with E-state index in [0.29, 0.717) is 13.2 Å². The van der Waals surface area contributed by atoms with Gasteiger partial charge in [-0.05, 0) is 24.8 Å². The van der Waals surface area contributed by atoms with E-state index in [0.717, 1.165) is 32.7 Å². The molecule has 2 N–H and O–H groups in total. The fraction of sp³-hybridized carbons (Fsp3) is 0.667. The monoisotopic (exact) mass is 293 g/mol. The summed E-state index contributed by atoms with van der Waals surface area (Å²) in [5.41, 5.74) is 6.71. The zero-order valence-corrected chi connectivity index (χ0v) is 13.3. The normalized spacial score (nSPS) is 10.9. The van der Waals surface area contributed by atoms with E-state index in [1.807, 2.05) is 0 Å². The lowest BCUT2D eigenvalue weighted by atomic mass is 10.1. The van der Waals surface area contributed by atoms with Gasteiger partial charge in [-0.25, -0.2) is 0 Å². The molecule has 0 spiro atoms. The Morgan fingerprint density at radius 1 is 0.667 bits per heavy atom. The molecule has 0 radical (unpaired) electrons. The van der Waals surface area contributed by atoms with E-state index in [4.69, 9.17) is 15.2 Å². The lowest BCUT2D eigenvalue weighted by molar-refractivity contribution is 0.131. The van der Waals surface area contributed by atoms with Gasteiger partial charge < -0.3 is 15.2 Å². The van der Waals surface area contributed by atoms with Crippen molar-refractivity contribution in [2.45, 2.75) is 44.9 Å². The largest absolute Gasteiger partial charge is 0.381 e. The van der Waals surface area contributed by atoms with E-state index in [1.54, 1.807) is 0 Å². The molecule has 120 valence electrons. The summed E-state index contributed by atoms with van der Waals surface area (Å²) in [7, 11) is 0. The molecule has 0 aliphatic rings. The molecule has 0 aromatic heterocycles. The lowest BCUT2D eigenvalue weighted by Gasteiger charge is -2.05. The number of unbranched alkanes of at least 4 members (excludes halogenated alkanes) is 5. The van der Waals surface area contributed by atoms with Gasteiger partial charge in [-0.2, -0.15) is 0 Å². The average molecular weight is 293 g/mol. The van der Waals surface area contributed by atoms with Crippen LogP contribution in [0, 0.1) is 0 Å². The van der Waals surface area contributed by atoms with Crippen LogP contribution >= 0.6 is 0 Å². The predicted octanol–water partition coefficient (Wildman–Crippen LogP) is 3.56. The first kappa shape index (κ1) is 18.1. The first-order chi connectivity index (χ1) is 10.4. The summed E-state index contributed by atoms with van der Waals surface area (Å²) in [5.74, 6) is 0. The van der Waals surface area contributed by atoms with E-state index in [2.05, 4.69) is 30.3 Å². The van der Waals surface area contributed by atoms with Crippen molar-refractivity contribution < 1.29 is 9.47 Å². The van der Waals surface area contributed by atoms with Crippen molar-refractivity contribution in [1.82, 2.24) is 0 Å². The Hall–Kier alpha value is -0.900. The molecule has 0 aliphatic heterocycles. The molecule has 1 aromatic carbocycles. The molecule has 0 amide bonds. The number of rotatable bonds is 14. The third-order valence-electron chi connectivity index (χ3n) is 3.47. The van der Waals surface area contributed by atoms with Crippen LogP contribution in [0.25, 0.3) is 0 Å². The van der Waals surface area contributed by atoms with Gasteiger partial charge in [0.2, 0.25) is 0 Å². The molecule has 21 heavy (non-hydrogen) atoms. The summed E-state index contributed by atoms with van der Waals surface area (Å²) in [5, 5.41) is 0. The maximum atomic E-state index is 5.68. The zero-order chi connectivity index (χ0) is 15.0. The fourth-order valence-electron chi connectivity index (χ4n) is 2.24. The highest BCUT2D eigenvalue weighted by atomic mass is 16.5. The Balaban J connectivity index is 1.75. The third-order valence-corrected chi connectivity index (χ3v) is 3.47. The van der Waals surface area contributed by atoms with Crippen LogP contribution in [0.5, 0.6) is 0 Å². The molecule has 0 atom stereocenters. The number of hydrogen-bond acceptors (Lipinski definition) is 3. The highest BCUT2D eigenvalue weighted by molar-refractivity contribution is 5.14. The predicted molar refractivity (Wildman–Crippen MR) is 88.5 cm³/mol. The van der Waals surface area contributed by atoms with Gasteiger partial charge in [0.1, 0.15) is 0 Å². The molecule has 0 fully saturated rings. The minimum atomic E-state index is 0.629. The Labute approximate surface area is 129 Å². The smallest absolute Gasteiger partial charge is 0.0588 e. The van der Waals surface area contributed by atoms with Crippen LogP contribution in [0.1, 0.15) is 44.1 Å². The second-order valence-corrected chi connectivity index (χ2v) is 5.37. The topological polar surface area (TPSA) is 44.5 Å². The van der Waals surface area contributed by atoms with Crippen molar-refractivity contribution in [2.75, 3.05) is 33.0 Å². The molecule has 0 aliphatic carbocycles. The summed E-state index contributed by atoms with van der Waals surface area (Å²) in [6.07, 6.45) is 8.50. The summed E-state index contributed by atoms with van der Waals surface area (Å²) in [6, 6.07) is 10.5. The first-order valence-electron chi connectivity index (χ1n) is 8.33. The molecular formula is C18H31NO2. The van der Waals surface area contributed by atoms with Crippen LogP contribution in [-0.2, 0) is 15.9 Å². The summed E-state index contributed by atoms with van der Waals surface area (Å²) in [6.45, 7) is 3.92. The van der Waals surface area contributed by atoms with Crippen LogP contribution in [0.15, 0.2) is 30.3 Å². The van der Waals surface area contributed by atoms with E-state index >= 15 is 0 Å². The lowest BCUT2D eigenvalue weighted by Crippen LogP contribution is -2.08. The SMILES string of the molecule is NCCOCCCCCCCCOCCc1ccccc1. The Morgan fingerprint density at radius 2 is 1.24 bits per heavy atom. The minimum Gasteiger partial charge on any atom is -0.381 e. The Morgan fingerprint density at radius 3 is 1.86 bits per heavy atom. The highest BCUT2D eigenvalue weighted by Gasteiger charge is 1.94. The van der Waals surface area contributed by atoms with Gasteiger partial charge in [-0.15, -0.1) is 0 Å². The molecule has 1 rings (SSSR count). The van der Waals surface area contributed by atoms with E-state index < -0.39 is 0 Å². The zero-order valence-electron chi connectivity index (χ0n) is 13.3. The summed E-state index contributed by atoms with van der Waals surface area (Å²) < 4.78 is 11.0. The van der Waals surface area contributed by atoms with Gasteiger partial charge in [0, 0.05) is 19.8 Å². The number of benzene rings is 1. The van der Waals surface area contributed by atoms with Crippen molar-refractivity contribution in [3.63, 3.8) is 0 Å². The molecule has 0 heterocycles. The Kier molecular flexibility index (Phi) is 12.1. The second kappa shape index (κ2) is 14.1. The van der Waals surface area contributed by atoms with Gasteiger partial charge >= 0.3 is 0 Å². The first-order valence-corrected chi connectivity index (χ1v) is 8.33. The summed E-state index contributed by atoms with van der Waals surface area (Å²) in [4.78, 5) is 0. The van der Waals surface area contributed by atoms with Crippen molar-refractivity contribution in [3.8, 4) is 0 Å². The van der Waals surface area contributed by atoms with Crippen molar-refractivity contribution in [3.05, 3.63) is 35.9 Å². The number of ether oxygens (including phenoxy) is 2. The van der Waals surface area contributed by atoms with Crippen LogP contribution in [-0.4, -0.2) is 33.0 Å². The van der Waals surface area contributed by atoms with Gasteiger partial charge in [0.05, 0.1) is 13.2 Å². The Bertz CT molecular complexity index is 316. The molecular weight excluding hydrogens is 262 g/mol. The molecule has 3 nitrogen and oxygen atoms in total. The van der Waals surface area contributed by atoms with Gasteiger partial charge in [0.25, 0.3) is 0 Å². The average Bonchev–Trinajstić information content (AvgIpc) is 2.53. The highest BCUT2D eigenvalue weighted by Crippen LogP contribution is 2.06. The molecule has 0 saturated carbocycles. The van der Waals surface area contributed by atoms with Gasteiger partial charge in [-0.3, -0.25) is 0 Å². The third kappa shape index (κ3) is 11.4. The maximum Gasteiger partial charge on any atom is 0.0588 e. The molecule has 3 heteroatoms. The molecule has 0 unspecified atom stereocenters. The fourth-order valence-corrected chi connectivity index (χ4v) is 2.24. The summed E-state index contributed by atoms with van der Waals surface area (Å²) >= 11 is 0. The standard InChI is InChI=1S/C18H31NO2/c19-13-17-21-15-9-4-2-1-3-8-14-20-16-12-18-10-6-5-7-11-18/h5-7,10-11H,1-4,8-9,12-17,19H2. The van der Waals surface area contributed by atoms with Crippen LogP contribution in [0.4, 0.5) is 0 Å². The molecule has 0 saturated heterocycles. The van der Waals surface area contributed by atoms with Gasteiger partial charge in [-0.1, -0.05) is 56.0 Å². The van der Waals surface area contributed by atoms with E-state index in [9.17, 15) is 0 Å². The minimum absolute atomic E-state index is 0.629. The van der Waals surface area contributed by atoms with Crippen molar-refractivity contribution in [1.29, 1.82) is 0 Å². The quantitative estimate of drug-likeness (QED) is 0.533. The number of hydrogen-bond donors (Lipinski definition) is 1. The van der Waals surface area contributed by atoms with E-state index in [-0.39, 0.29) is 0 Å². The number of nitrogens with two attached hydrogens (primary N) is 1. The van der Waals surface area contributed by atoms with Crippen molar-refractivity contribution in [2.24, 2.45) is 5.73 Å². The van der Waals surface area contributed by atoms with Crippen LogP contribution in [0.2, 0.25) is 0 Å². The maximum absolute atomic E-state index is 5.68. The second-order valence-electron chi connectivity index (χ2n) is 5.37. The van der Waals surface area contributed by atoms with Crippen molar-refractivity contribution >= 4 is 0 Å². The van der Waals surface area contributed by atoms with Crippen LogP contribution < -0.4 is 5.73 Å². The van der Waals surface area contributed by atoms with E-state index in [1.165, 1.54) is 37.7 Å². The molecule has 0 bridgehead atoms. The van der Waals surface area contributed by atoms with Gasteiger partial charge in [0.15, 0.2) is 0 Å².